The molecule has 2 N–H and O–H groups in total. The number of hydrogen-bond acceptors (Lipinski definition) is 3. The maximum absolute atomic E-state index is 11.5. The van der Waals surface area contributed by atoms with E-state index in [2.05, 4.69) is 11.9 Å². The van der Waals surface area contributed by atoms with Gasteiger partial charge in [-0.2, -0.15) is 0 Å². The van der Waals surface area contributed by atoms with E-state index < -0.39 is 11.6 Å². The van der Waals surface area contributed by atoms with Crippen LogP contribution in [0.4, 0.5) is 5.69 Å². The van der Waals surface area contributed by atoms with Gasteiger partial charge >= 0.3 is 5.97 Å². The lowest BCUT2D eigenvalue weighted by Crippen LogP contribution is -2.37. The molecule has 0 aliphatic rings. The quantitative estimate of drug-likeness (QED) is 0.751. The number of anilines is 1. The number of ether oxygens (including phenoxy) is 1. The van der Waals surface area contributed by atoms with Crippen molar-refractivity contribution in [1.29, 1.82) is 0 Å². The van der Waals surface area contributed by atoms with Gasteiger partial charge < -0.3 is 15.2 Å². The van der Waals surface area contributed by atoms with E-state index in [1.807, 2.05) is 0 Å². The van der Waals surface area contributed by atoms with E-state index >= 15 is 0 Å². The zero-order chi connectivity index (χ0) is 15.2. The van der Waals surface area contributed by atoms with Crippen LogP contribution in [-0.4, -0.2) is 22.6 Å². The molecule has 20 heavy (non-hydrogen) atoms. The van der Waals surface area contributed by atoms with Crippen LogP contribution in [0.5, 0.6) is 5.75 Å². The largest absolute Gasteiger partial charge is 0.478 e. The fourth-order valence-electron chi connectivity index (χ4n) is 1.40. The molecule has 0 atom stereocenters. The maximum atomic E-state index is 11.5. The first-order valence-corrected chi connectivity index (χ1v) is 6.28. The van der Waals surface area contributed by atoms with Crippen LogP contribution in [0.3, 0.4) is 0 Å². The number of carboxylic acids is 1. The highest BCUT2D eigenvalue weighted by atomic mass is 16.5. The normalized spacial score (nSPS) is 10.7. The predicted octanol–water partition coefficient (Wildman–Crippen LogP) is 2.83. The van der Waals surface area contributed by atoms with E-state index in [1.54, 1.807) is 30.3 Å². The van der Waals surface area contributed by atoms with Gasteiger partial charge in [0.05, 0.1) is 0 Å². The molecule has 0 aromatic heterocycles. The topological polar surface area (TPSA) is 75.6 Å². The van der Waals surface area contributed by atoms with E-state index in [9.17, 15) is 9.59 Å². The van der Waals surface area contributed by atoms with Gasteiger partial charge in [0.25, 0.3) is 0 Å². The molecule has 0 spiro atoms. The Morgan fingerprint density at radius 2 is 1.95 bits per heavy atom. The number of amides is 1. The Balaban J connectivity index is 2.63. The van der Waals surface area contributed by atoms with Crippen molar-refractivity contribution < 1.29 is 19.4 Å². The van der Waals surface area contributed by atoms with Crippen LogP contribution in [0, 0.1) is 0 Å². The number of carbonyl (C=O) groups is 2. The number of aliphatic carboxylic acids is 1. The Bertz CT molecular complexity index is 491. The average molecular weight is 277 g/mol. The fraction of sp³-hybridized carbons (Fsp3) is 0.333. The minimum Gasteiger partial charge on any atom is -0.478 e. The van der Waals surface area contributed by atoms with Crippen molar-refractivity contribution in [2.75, 3.05) is 5.32 Å². The van der Waals surface area contributed by atoms with Gasteiger partial charge in [-0.15, -0.1) is 6.58 Å². The van der Waals surface area contributed by atoms with Crippen molar-refractivity contribution in [3.05, 3.63) is 36.9 Å². The number of carboxylic acid groups (broad SMARTS) is 1. The molecule has 1 rings (SSSR count). The summed E-state index contributed by atoms with van der Waals surface area (Å²) in [4.78, 5) is 22.5. The predicted molar refractivity (Wildman–Crippen MR) is 76.8 cm³/mol. The number of nitrogens with one attached hydrogen (secondary N) is 1. The first kappa shape index (κ1) is 15.8. The van der Waals surface area contributed by atoms with Gasteiger partial charge in [0.2, 0.25) is 5.91 Å². The van der Waals surface area contributed by atoms with Crippen LogP contribution in [-0.2, 0) is 9.59 Å². The Kier molecular flexibility index (Phi) is 5.32. The van der Waals surface area contributed by atoms with E-state index in [0.29, 0.717) is 24.3 Å². The molecule has 0 fully saturated rings. The highest BCUT2D eigenvalue weighted by Gasteiger charge is 2.29. The summed E-state index contributed by atoms with van der Waals surface area (Å²) in [5.41, 5.74) is -0.658. The number of allylic oxidation sites excluding steroid dienone is 1. The van der Waals surface area contributed by atoms with Crippen LogP contribution < -0.4 is 10.1 Å². The zero-order valence-electron chi connectivity index (χ0n) is 11.7. The third-order valence-electron chi connectivity index (χ3n) is 2.60. The zero-order valence-corrected chi connectivity index (χ0v) is 11.7. The lowest BCUT2D eigenvalue weighted by atomic mass is 10.1. The second-order valence-corrected chi connectivity index (χ2v) is 4.82. The van der Waals surface area contributed by atoms with Gasteiger partial charge in [-0.25, -0.2) is 4.79 Å². The third-order valence-corrected chi connectivity index (χ3v) is 2.60. The van der Waals surface area contributed by atoms with Gasteiger partial charge in [-0.1, -0.05) is 6.08 Å². The van der Waals surface area contributed by atoms with Crippen molar-refractivity contribution in [3.8, 4) is 5.75 Å². The van der Waals surface area contributed by atoms with Gasteiger partial charge in [0.1, 0.15) is 5.75 Å². The van der Waals surface area contributed by atoms with Gasteiger partial charge in [-0.05, 0) is 44.5 Å². The van der Waals surface area contributed by atoms with Crippen LogP contribution >= 0.6 is 0 Å². The molecule has 0 radical (unpaired) electrons. The smallest absolute Gasteiger partial charge is 0.347 e. The number of carbonyl (C=O) groups excluding carboxylic acids is 1. The first-order chi connectivity index (χ1) is 9.35. The number of benzene rings is 1. The fourth-order valence-corrected chi connectivity index (χ4v) is 1.40. The average Bonchev–Trinajstić information content (AvgIpc) is 2.38. The summed E-state index contributed by atoms with van der Waals surface area (Å²) in [7, 11) is 0. The first-order valence-electron chi connectivity index (χ1n) is 6.28. The number of hydrogen-bond donors (Lipinski definition) is 2. The summed E-state index contributed by atoms with van der Waals surface area (Å²) in [5.74, 6) is -0.703. The Morgan fingerprint density at radius 1 is 1.35 bits per heavy atom. The molecule has 5 heteroatoms. The minimum absolute atomic E-state index is 0.0931. The minimum atomic E-state index is -1.30. The summed E-state index contributed by atoms with van der Waals surface area (Å²) in [5, 5.41) is 11.7. The lowest BCUT2D eigenvalue weighted by molar-refractivity contribution is -0.152. The Labute approximate surface area is 118 Å². The van der Waals surface area contributed by atoms with Crippen molar-refractivity contribution >= 4 is 17.6 Å². The molecule has 0 bridgehead atoms. The molecule has 0 aliphatic carbocycles. The highest BCUT2D eigenvalue weighted by molar-refractivity contribution is 5.90. The second kappa shape index (κ2) is 6.75. The molecule has 0 heterocycles. The molecule has 0 saturated carbocycles. The maximum Gasteiger partial charge on any atom is 0.347 e. The van der Waals surface area contributed by atoms with E-state index in [0.717, 1.165) is 0 Å². The van der Waals surface area contributed by atoms with Crippen LogP contribution in [0.2, 0.25) is 0 Å². The van der Waals surface area contributed by atoms with Crippen LogP contribution in [0.25, 0.3) is 0 Å². The van der Waals surface area contributed by atoms with Gasteiger partial charge in [0.15, 0.2) is 5.60 Å². The van der Waals surface area contributed by atoms with Crippen molar-refractivity contribution in [3.63, 3.8) is 0 Å². The SMILES string of the molecule is C=CCCC(=O)Nc1ccc(OC(C)(C)C(=O)O)cc1. The number of rotatable bonds is 7. The molecule has 0 unspecified atom stereocenters. The van der Waals surface area contributed by atoms with Crippen LogP contribution in [0.1, 0.15) is 26.7 Å². The molecule has 1 amide bonds. The van der Waals surface area contributed by atoms with Gasteiger partial charge in [-0.3, -0.25) is 4.79 Å². The van der Waals surface area contributed by atoms with Gasteiger partial charge in [0, 0.05) is 12.1 Å². The van der Waals surface area contributed by atoms with E-state index in [1.165, 1.54) is 13.8 Å². The van der Waals surface area contributed by atoms with Crippen molar-refractivity contribution in [1.82, 2.24) is 0 Å². The summed E-state index contributed by atoms with van der Waals surface area (Å²) >= 11 is 0. The highest BCUT2D eigenvalue weighted by Crippen LogP contribution is 2.21. The molecule has 108 valence electrons. The molecule has 1 aromatic rings. The van der Waals surface area contributed by atoms with E-state index in [-0.39, 0.29) is 5.91 Å². The molecule has 0 saturated heterocycles. The summed E-state index contributed by atoms with van der Waals surface area (Å²) in [6, 6.07) is 6.57. The molecular weight excluding hydrogens is 258 g/mol. The van der Waals surface area contributed by atoms with Crippen molar-refractivity contribution in [2.45, 2.75) is 32.3 Å². The summed E-state index contributed by atoms with van der Waals surface area (Å²) in [6.45, 7) is 6.50. The Morgan fingerprint density at radius 3 is 2.45 bits per heavy atom. The molecule has 1 aromatic carbocycles. The third kappa shape index (κ3) is 4.76. The van der Waals surface area contributed by atoms with Crippen LogP contribution in [0.15, 0.2) is 36.9 Å². The monoisotopic (exact) mass is 277 g/mol. The van der Waals surface area contributed by atoms with E-state index in [4.69, 9.17) is 9.84 Å². The second-order valence-electron chi connectivity index (χ2n) is 4.82. The Hall–Kier alpha value is -2.30. The lowest BCUT2D eigenvalue weighted by Gasteiger charge is -2.21. The summed E-state index contributed by atoms with van der Waals surface area (Å²) < 4.78 is 5.36. The summed E-state index contributed by atoms with van der Waals surface area (Å²) in [6.07, 6.45) is 2.69. The molecule has 0 aliphatic heterocycles. The van der Waals surface area contributed by atoms with Crippen molar-refractivity contribution in [2.24, 2.45) is 0 Å². The molecule has 5 nitrogen and oxygen atoms in total. The molecular formula is C15H19NO4. The standard InChI is InChI=1S/C15H19NO4/c1-4-5-6-13(17)16-11-7-9-12(10-8-11)20-15(2,3)14(18)19/h4,7-10H,1,5-6H2,2-3H3,(H,16,17)(H,18,19).